The van der Waals surface area contributed by atoms with Gasteiger partial charge in [-0.1, -0.05) is 12.1 Å². The van der Waals surface area contributed by atoms with Gasteiger partial charge in [-0.3, -0.25) is 4.79 Å². The average Bonchev–Trinajstić information content (AvgIpc) is 2.34. The zero-order chi connectivity index (χ0) is 12.8. The molecule has 18 heavy (non-hydrogen) atoms. The summed E-state index contributed by atoms with van der Waals surface area (Å²) < 4.78 is 13.6. The highest BCUT2D eigenvalue weighted by atomic mass is 19.1. The molecule has 0 fully saturated rings. The minimum Gasteiger partial charge on any atom is -0.508 e. The van der Waals surface area contributed by atoms with Crippen LogP contribution in [-0.4, -0.2) is 10.9 Å². The van der Waals surface area contributed by atoms with Crippen molar-refractivity contribution in [1.29, 1.82) is 0 Å². The van der Waals surface area contributed by atoms with Crippen LogP contribution in [0.15, 0.2) is 42.3 Å². The molecular formula is C15H13FO2. The highest BCUT2D eigenvalue weighted by Gasteiger charge is 2.36. The zero-order valence-corrected chi connectivity index (χ0v) is 9.82. The zero-order valence-electron chi connectivity index (χ0n) is 9.82. The molecule has 0 radical (unpaired) electrons. The van der Waals surface area contributed by atoms with Crippen LogP contribution in [0.2, 0.25) is 0 Å². The molecule has 0 bridgehead atoms. The number of carbonyl (C=O) groups excluding carboxylic acids is 1. The molecule has 2 aliphatic rings. The Morgan fingerprint density at radius 1 is 1.33 bits per heavy atom. The summed E-state index contributed by atoms with van der Waals surface area (Å²) >= 11 is 0. The van der Waals surface area contributed by atoms with Crippen LogP contribution in [0.5, 0.6) is 5.75 Å². The number of hydrogen-bond donors (Lipinski definition) is 1. The van der Waals surface area contributed by atoms with E-state index in [1.807, 2.05) is 6.07 Å². The van der Waals surface area contributed by atoms with E-state index in [0.717, 1.165) is 30.4 Å². The number of hydrogen-bond acceptors (Lipinski definition) is 2. The van der Waals surface area contributed by atoms with Gasteiger partial charge in [0.05, 0.1) is 0 Å². The molecule has 0 aromatic heterocycles. The van der Waals surface area contributed by atoms with Crippen LogP contribution in [0, 0.1) is 0 Å². The van der Waals surface area contributed by atoms with Crippen molar-refractivity contribution in [3.05, 3.63) is 53.4 Å². The largest absolute Gasteiger partial charge is 0.508 e. The number of phenolic OH excluding ortho intramolecular Hbond substituents is 1. The molecule has 92 valence electrons. The Hall–Kier alpha value is -1.90. The topological polar surface area (TPSA) is 37.3 Å². The van der Waals surface area contributed by atoms with E-state index in [9.17, 15) is 14.3 Å². The Labute approximate surface area is 104 Å². The van der Waals surface area contributed by atoms with Gasteiger partial charge in [-0.15, -0.1) is 0 Å². The van der Waals surface area contributed by atoms with Crippen LogP contribution in [0.1, 0.15) is 24.0 Å². The molecule has 1 aromatic carbocycles. The maximum Gasteiger partial charge on any atom is 0.213 e. The molecule has 2 aliphatic carbocycles. The minimum atomic E-state index is -0.682. The number of fused-ring (bicyclic) bond motifs is 2. The molecular weight excluding hydrogens is 231 g/mol. The number of ketones is 1. The van der Waals surface area contributed by atoms with Crippen molar-refractivity contribution in [2.45, 2.75) is 24.7 Å². The maximum absolute atomic E-state index is 13.6. The SMILES string of the molecule is O=C1C=CC2(C=C1F)CCCc1cc(O)ccc12. The number of phenols is 1. The molecule has 3 heteroatoms. The van der Waals surface area contributed by atoms with Gasteiger partial charge in [0.2, 0.25) is 5.78 Å². The van der Waals surface area contributed by atoms with Crippen LogP contribution in [0.25, 0.3) is 0 Å². The summed E-state index contributed by atoms with van der Waals surface area (Å²) in [5.74, 6) is -1.02. The lowest BCUT2D eigenvalue weighted by Crippen LogP contribution is -2.29. The Kier molecular flexibility index (Phi) is 2.37. The Morgan fingerprint density at radius 3 is 2.94 bits per heavy atom. The van der Waals surface area contributed by atoms with E-state index in [4.69, 9.17) is 0 Å². The van der Waals surface area contributed by atoms with Crippen LogP contribution in [0.4, 0.5) is 4.39 Å². The molecule has 2 nitrogen and oxygen atoms in total. The first-order chi connectivity index (χ1) is 8.61. The van der Waals surface area contributed by atoms with E-state index in [1.54, 1.807) is 18.2 Å². The first-order valence-corrected chi connectivity index (χ1v) is 6.05. The molecule has 0 saturated heterocycles. The number of benzene rings is 1. The second-order valence-electron chi connectivity index (χ2n) is 4.93. The van der Waals surface area contributed by atoms with Gasteiger partial charge in [0, 0.05) is 5.41 Å². The molecule has 0 heterocycles. The van der Waals surface area contributed by atoms with E-state index < -0.39 is 17.0 Å². The minimum absolute atomic E-state index is 0.228. The van der Waals surface area contributed by atoms with Gasteiger partial charge in [-0.25, -0.2) is 4.39 Å². The van der Waals surface area contributed by atoms with Crippen molar-refractivity contribution in [1.82, 2.24) is 0 Å². The van der Waals surface area contributed by atoms with Gasteiger partial charge in [0.25, 0.3) is 0 Å². The van der Waals surface area contributed by atoms with Crippen molar-refractivity contribution in [3.8, 4) is 5.75 Å². The van der Waals surface area contributed by atoms with E-state index in [0.29, 0.717) is 0 Å². The van der Waals surface area contributed by atoms with Gasteiger partial charge >= 0.3 is 0 Å². The molecule has 3 rings (SSSR count). The molecule has 1 unspecified atom stereocenters. The highest BCUT2D eigenvalue weighted by Crippen LogP contribution is 2.43. The Morgan fingerprint density at radius 2 is 2.17 bits per heavy atom. The monoisotopic (exact) mass is 244 g/mol. The number of carbonyl (C=O) groups is 1. The number of allylic oxidation sites excluding steroid dienone is 4. The van der Waals surface area contributed by atoms with Crippen molar-refractivity contribution in [2.75, 3.05) is 0 Å². The van der Waals surface area contributed by atoms with E-state index >= 15 is 0 Å². The smallest absolute Gasteiger partial charge is 0.213 e. The summed E-state index contributed by atoms with van der Waals surface area (Å²) in [6.45, 7) is 0. The van der Waals surface area contributed by atoms with Crippen LogP contribution >= 0.6 is 0 Å². The predicted molar refractivity (Wildman–Crippen MR) is 66.1 cm³/mol. The molecule has 0 aliphatic heterocycles. The predicted octanol–water partition coefficient (Wildman–Crippen LogP) is 2.96. The van der Waals surface area contributed by atoms with Crippen LogP contribution in [0.3, 0.4) is 0 Å². The van der Waals surface area contributed by atoms with Gasteiger partial charge < -0.3 is 5.11 Å². The van der Waals surface area contributed by atoms with E-state index in [-0.39, 0.29) is 5.75 Å². The molecule has 1 spiro atoms. The fourth-order valence-corrected chi connectivity index (χ4v) is 2.92. The second-order valence-corrected chi connectivity index (χ2v) is 4.93. The molecule has 1 aromatic rings. The average molecular weight is 244 g/mol. The maximum atomic E-state index is 13.6. The summed E-state index contributed by atoms with van der Waals surface area (Å²) in [4.78, 5) is 11.2. The van der Waals surface area contributed by atoms with Gasteiger partial charge in [0.1, 0.15) is 5.75 Å². The first-order valence-electron chi connectivity index (χ1n) is 6.05. The standard InChI is InChI=1S/C15H13FO2/c16-13-9-15(7-5-14(13)18)6-1-2-10-8-11(17)3-4-12(10)15/h3-5,7-9,17H,1-2,6H2. The summed E-state index contributed by atoms with van der Waals surface area (Å²) in [5.41, 5.74) is 1.51. The number of halogens is 1. The Balaban J connectivity index is 2.17. The third-order valence-corrected chi connectivity index (χ3v) is 3.78. The lowest BCUT2D eigenvalue weighted by Gasteiger charge is -2.35. The summed E-state index contributed by atoms with van der Waals surface area (Å²) in [6, 6.07) is 5.17. The molecule has 1 atom stereocenters. The summed E-state index contributed by atoms with van der Waals surface area (Å²) in [7, 11) is 0. The molecule has 0 saturated carbocycles. The summed E-state index contributed by atoms with van der Waals surface area (Å²) in [6.07, 6.45) is 7.11. The molecule has 1 N–H and O–H groups in total. The number of rotatable bonds is 0. The summed E-state index contributed by atoms with van der Waals surface area (Å²) in [5, 5.41) is 9.51. The van der Waals surface area contributed by atoms with Crippen molar-refractivity contribution < 1.29 is 14.3 Å². The fraction of sp³-hybridized carbons (Fsp3) is 0.267. The van der Waals surface area contributed by atoms with Crippen LogP contribution in [-0.2, 0) is 16.6 Å². The fourth-order valence-electron chi connectivity index (χ4n) is 2.92. The second kappa shape index (κ2) is 3.80. The van der Waals surface area contributed by atoms with Crippen molar-refractivity contribution in [3.63, 3.8) is 0 Å². The first kappa shape index (κ1) is 11.2. The number of aryl methyl sites for hydroxylation is 1. The number of aromatic hydroxyl groups is 1. The lowest BCUT2D eigenvalue weighted by atomic mass is 9.68. The van der Waals surface area contributed by atoms with Gasteiger partial charge in [0.15, 0.2) is 5.83 Å². The van der Waals surface area contributed by atoms with Crippen molar-refractivity contribution in [2.24, 2.45) is 0 Å². The quantitative estimate of drug-likeness (QED) is 0.761. The van der Waals surface area contributed by atoms with Crippen LogP contribution < -0.4 is 0 Å². The van der Waals surface area contributed by atoms with E-state index in [2.05, 4.69) is 0 Å². The molecule has 0 amide bonds. The van der Waals surface area contributed by atoms with E-state index in [1.165, 1.54) is 12.2 Å². The third-order valence-electron chi connectivity index (χ3n) is 3.78. The van der Waals surface area contributed by atoms with Crippen molar-refractivity contribution >= 4 is 5.78 Å². The van der Waals surface area contributed by atoms with Gasteiger partial charge in [-0.05, 0) is 54.7 Å². The Bertz CT molecular complexity index is 586. The highest BCUT2D eigenvalue weighted by molar-refractivity contribution is 6.03. The van der Waals surface area contributed by atoms with Gasteiger partial charge in [-0.2, -0.15) is 0 Å². The third kappa shape index (κ3) is 1.58. The lowest BCUT2D eigenvalue weighted by molar-refractivity contribution is -0.112. The normalized spacial score (nSPS) is 26.1.